The highest BCUT2D eigenvalue weighted by molar-refractivity contribution is 5.91. The van der Waals surface area contributed by atoms with Crippen LogP contribution in [0.5, 0.6) is 0 Å². The number of hydrogen-bond acceptors (Lipinski definition) is 3. The van der Waals surface area contributed by atoms with Crippen LogP contribution in [0, 0.1) is 0 Å². The van der Waals surface area contributed by atoms with E-state index < -0.39 is 11.6 Å². The van der Waals surface area contributed by atoms with Gasteiger partial charge in [0.1, 0.15) is 6.04 Å². The van der Waals surface area contributed by atoms with Crippen molar-refractivity contribution in [1.29, 1.82) is 0 Å². The van der Waals surface area contributed by atoms with Gasteiger partial charge < -0.3 is 15.7 Å². The van der Waals surface area contributed by atoms with Crippen LogP contribution in [0.1, 0.15) is 25.3 Å². The molecule has 19 heavy (non-hydrogen) atoms. The normalized spacial score (nSPS) is 21.6. The SMILES string of the molecule is CC(CO)(NC(=O)C1CCC(=O)N1)c1ccccc1. The zero-order chi connectivity index (χ0) is 13.9. The van der Waals surface area contributed by atoms with Crippen LogP contribution in [-0.4, -0.2) is 29.6 Å². The summed E-state index contributed by atoms with van der Waals surface area (Å²) in [6.07, 6.45) is 0.875. The molecule has 2 atom stereocenters. The molecule has 5 nitrogen and oxygen atoms in total. The van der Waals surface area contributed by atoms with Crippen molar-refractivity contribution < 1.29 is 14.7 Å². The molecule has 1 aromatic carbocycles. The van der Waals surface area contributed by atoms with Gasteiger partial charge in [-0.25, -0.2) is 0 Å². The Morgan fingerprint density at radius 2 is 2.16 bits per heavy atom. The lowest BCUT2D eigenvalue weighted by Gasteiger charge is -2.30. The first-order chi connectivity index (χ1) is 9.05. The number of carbonyl (C=O) groups is 2. The third-order valence-electron chi connectivity index (χ3n) is 3.44. The van der Waals surface area contributed by atoms with Crippen LogP contribution in [-0.2, 0) is 15.1 Å². The minimum atomic E-state index is -0.842. The van der Waals surface area contributed by atoms with Crippen LogP contribution in [0.15, 0.2) is 30.3 Å². The van der Waals surface area contributed by atoms with E-state index in [0.717, 1.165) is 5.56 Å². The summed E-state index contributed by atoms with van der Waals surface area (Å²) >= 11 is 0. The van der Waals surface area contributed by atoms with Crippen LogP contribution in [0.4, 0.5) is 0 Å². The molecule has 1 aliphatic heterocycles. The van der Waals surface area contributed by atoms with Crippen LogP contribution >= 0.6 is 0 Å². The molecular formula is C14H18N2O3. The van der Waals surface area contributed by atoms with Crippen molar-refractivity contribution >= 4 is 11.8 Å². The topological polar surface area (TPSA) is 78.4 Å². The Bertz CT molecular complexity index is 475. The van der Waals surface area contributed by atoms with Crippen molar-refractivity contribution in [2.45, 2.75) is 31.3 Å². The molecule has 2 amide bonds. The van der Waals surface area contributed by atoms with Crippen molar-refractivity contribution in [3.63, 3.8) is 0 Å². The summed E-state index contributed by atoms with van der Waals surface area (Å²) in [5.41, 5.74) is -0.0127. The molecule has 3 N–H and O–H groups in total. The second-order valence-corrected chi connectivity index (χ2v) is 5.00. The Morgan fingerprint density at radius 3 is 2.68 bits per heavy atom. The number of nitrogens with one attached hydrogen (secondary N) is 2. The quantitative estimate of drug-likeness (QED) is 0.729. The van der Waals surface area contributed by atoms with E-state index in [0.29, 0.717) is 12.8 Å². The number of carbonyl (C=O) groups excluding carboxylic acids is 2. The molecule has 1 aliphatic rings. The van der Waals surface area contributed by atoms with Crippen molar-refractivity contribution in [1.82, 2.24) is 10.6 Å². The molecule has 1 heterocycles. The van der Waals surface area contributed by atoms with Crippen molar-refractivity contribution in [3.05, 3.63) is 35.9 Å². The zero-order valence-corrected chi connectivity index (χ0v) is 10.8. The van der Waals surface area contributed by atoms with Gasteiger partial charge in [0.2, 0.25) is 11.8 Å². The number of aliphatic hydroxyl groups excluding tert-OH is 1. The Morgan fingerprint density at radius 1 is 1.47 bits per heavy atom. The van der Waals surface area contributed by atoms with Gasteiger partial charge >= 0.3 is 0 Å². The summed E-state index contributed by atoms with van der Waals surface area (Å²) < 4.78 is 0. The van der Waals surface area contributed by atoms with E-state index in [-0.39, 0.29) is 18.4 Å². The maximum atomic E-state index is 12.1. The van der Waals surface area contributed by atoms with Crippen molar-refractivity contribution in [2.24, 2.45) is 0 Å². The number of hydrogen-bond donors (Lipinski definition) is 3. The molecule has 0 aliphatic carbocycles. The van der Waals surface area contributed by atoms with Gasteiger partial charge in [-0.1, -0.05) is 30.3 Å². The lowest BCUT2D eigenvalue weighted by molar-refractivity contribution is -0.127. The smallest absolute Gasteiger partial charge is 0.243 e. The number of benzene rings is 1. The molecule has 1 saturated heterocycles. The molecular weight excluding hydrogens is 244 g/mol. The summed E-state index contributed by atoms with van der Waals surface area (Å²) in [6, 6.07) is 8.79. The van der Waals surface area contributed by atoms with Gasteiger partial charge in [-0.3, -0.25) is 9.59 Å². The van der Waals surface area contributed by atoms with Crippen LogP contribution in [0.25, 0.3) is 0 Å². The first-order valence-corrected chi connectivity index (χ1v) is 6.33. The Kier molecular flexibility index (Phi) is 3.85. The number of rotatable bonds is 4. The van der Waals surface area contributed by atoms with Crippen LogP contribution in [0.2, 0.25) is 0 Å². The highest BCUT2D eigenvalue weighted by Gasteiger charge is 2.33. The van der Waals surface area contributed by atoms with E-state index in [9.17, 15) is 14.7 Å². The Hall–Kier alpha value is -1.88. The molecule has 1 aromatic rings. The molecule has 2 rings (SSSR count). The zero-order valence-electron chi connectivity index (χ0n) is 10.8. The maximum Gasteiger partial charge on any atom is 0.243 e. The van der Waals surface area contributed by atoms with E-state index in [1.807, 2.05) is 30.3 Å². The fourth-order valence-electron chi connectivity index (χ4n) is 2.18. The average molecular weight is 262 g/mol. The average Bonchev–Trinajstić information content (AvgIpc) is 2.86. The summed E-state index contributed by atoms with van der Waals surface area (Å²) in [5, 5.41) is 15.0. The van der Waals surface area contributed by atoms with Gasteiger partial charge in [-0.05, 0) is 18.9 Å². The minimum Gasteiger partial charge on any atom is -0.394 e. The summed E-state index contributed by atoms with van der Waals surface area (Å²) in [5.74, 6) is -0.364. The molecule has 0 saturated carbocycles. The predicted octanol–water partition coefficient (Wildman–Crippen LogP) is 0.289. The second kappa shape index (κ2) is 5.40. The Labute approximate surface area is 112 Å². The monoisotopic (exact) mass is 262 g/mol. The third kappa shape index (κ3) is 2.93. The lowest BCUT2D eigenvalue weighted by Crippen LogP contribution is -2.52. The van der Waals surface area contributed by atoms with Crippen molar-refractivity contribution in [3.8, 4) is 0 Å². The number of amides is 2. The fraction of sp³-hybridized carbons (Fsp3) is 0.429. The van der Waals surface area contributed by atoms with E-state index in [2.05, 4.69) is 10.6 Å². The van der Waals surface area contributed by atoms with E-state index >= 15 is 0 Å². The van der Waals surface area contributed by atoms with E-state index in [1.165, 1.54) is 0 Å². The van der Waals surface area contributed by atoms with Gasteiger partial charge in [0.25, 0.3) is 0 Å². The Balaban J connectivity index is 2.10. The molecule has 5 heteroatoms. The highest BCUT2D eigenvalue weighted by Crippen LogP contribution is 2.20. The second-order valence-electron chi connectivity index (χ2n) is 5.00. The molecule has 0 aromatic heterocycles. The first-order valence-electron chi connectivity index (χ1n) is 6.33. The van der Waals surface area contributed by atoms with E-state index in [1.54, 1.807) is 6.92 Å². The van der Waals surface area contributed by atoms with Gasteiger partial charge in [0.15, 0.2) is 0 Å². The molecule has 0 spiro atoms. The minimum absolute atomic E-state index is 0.106. The first kappa shape index (κ1) is 13.5. The largest absolute Gasteiger partial charge is 0.394 e. The summed E-state index contributed by atoms with van der Waals surface area (Å²) in [6.45, 7) is 1.56. The summed E-state index contributed by atoms with van der Waals surface area (Å²) in [7, 11) is 0. The van der Waals surface area contributed by atoms with Gasteiger partial charge in [-0.15, -0.1) is 0 Å². The summed E-state index contributed by atoms with van der Waals surface area (Å²) in [4.78, 5) is 23.2. The number of aliphatic hydroxyl groups is 1. The molecule has 0 bridgehead atoms. The maximum absolute atomic E-state index is 12.1. The predicted molar refractivity (Wildman–Crippen MR) is 70.2 cm³/mol. The molecule has 0 radical (unpaired) electrons. The fourth-order valence-corrected chi connectivity index (χ4v) is 2.18. The standard InChI is InChI=1S/C14H18N2O3/c1-14(9-17,10-5-3-2-4-6-10)16-13(19)11-7-8-12(18)15-11/h2-6,11,17H,7-9H2,1H3,(H,15,18)(H,16,19). The molecule has 1 fully saturated rings. The van der Waals surface area contributed by atoms with Crippen LogP contribution in [0.3, 0.4) is 0 Å². The highest BCUT2D eigenvalue weighted by atomic mass is 16.3. The van der Waals surface area contributed by atoms with Gasteiger partial charge in [0.05, 0.1) is 12.1 Å². The van der Waals surface area contributed by atoms with E-state index in [4.69, 9.17) is 0 Å². The third-order valence-corrected chi connectivity index (χ3v) is 3.44. The molecule has 2 unspecified atom stereocenters. The van der Waals surface area contributed by atoms with Gasteiger partial charge in [-0.2, -0.15) is 0 Å². The lowest BCUT2D eigenvalue weighted by atomic mass is 9.92. The van der Waals surface area contributed by atoms with Crippen LogP contribution < -0.4 is 10.6 Å². The van der Waals surface area contributed by atoms with Crippen molar-refractivity contribution in [2.75, 3.05) is 6.61 Å². The van der Waals surface area contributed by atoms with Gasteiger partial charge in [0, 0.05) is 6.42 Å². The molecule has 102 valence electrons.